The quantitative estimate of drug-likeness (QED) is 0.434. The summed E-state index contributed by atoms with van der Waals surface area (Å²) in [6.07, 6.45) is 3.44. The van der Waals surface area contributed by atoms with E-state index in [4.69, 9.17) is 0 Å². The summed E-state index contributed by atoms with van der Waals surface area (Å²) >= 11 is 0. The van der Waals surface area contributed by atoms with E-state index in [1.54, 1.807) is 0 Å². The predicted molar refractivity (Wildman–Crippen MR) is 69.0 cm³/mol. The van der Waals surface area contributed by atoms with Crippen LogP contribution in [-0.2, 0) is 21.7 Å². The Labute approximate surface area is 141 Å². The predicted octanol–water partition coefficient (Wildman–Crippen LogP) is -1.48. The summed E-state index contributed by atoms with van der Waals surface area (Å²) in [5, 5.41) is 3.97. The van der Waals surface area contributed by atoms with E-state index in [-0.39, 0.29) is 51.9 Å². The van der Waals surface area contributed by atoms with Crippen LogP contribution >= 0.6 is 0 Å². The Bertz CT molecular complexity index is 269. The van der Waals surface area contributed by atoms with Gasteiger partial charge in [0, 0.05) is 0 Å². The molecule has 0 saturated carbocycles. The van der Waals surface area contributed by atoms with Gasteiger partial charge in [0.05, 0.1) is 0 Å². The molecule has 0 aromatic heterocycles. The topological polar surface area (TPSA) is 14.1 Å². The fourth-order valence-corrected chi connectivity index (χ4v) is 1.63. The molecule has 0 N–H and O–H groups in total. The summed E-state index contributed by atoms with van der Waals surface area (Å²) in [7, 11) is 0. The van der Waals surface area contributed by atoms with E-state index in [2.05, 4.69) is 46.0 Å². The van der Waals surface area contributed by atoms with E-state index in [9.17, 15) is 0 Å². The van der Waals surface area contributed by atoms with Gasteiger partial charge in [-0.05, 0) is 0 Å². The molecule has 1 aliphatic rings. The number of hydrogen-bond donors (Lipinski definition) is 0. The Morgan fingerprint density at radius 1 is 1.00 bits per heavy atom. The van der Waals surface area contributed by atoms with Crippen LogP contribution in [-0.4, -0.2) is 13.1 Å². The Balaban J connectivity index is -0.000000109. The third-order valence-corrected chi connectivity index (χ3v) is 3.01. The first-order chi connectivity index (χ1) is 6.86. The fraction of sp³-hybridized carbons (Fsp3) is 0.714. The van der Waals surface area contributed by atoms with Crippen molar-refractivity contribution in [2.75, 3.05) is 13.1 Å². The summed E-state index contributed by atoms with van der Waals surface area (Å²) in [6.45, 7) is 16.9. The summed E-state index contributed by atoms with van der Waals surface area (Å²) in [4.78, 5) is 0. The first kappa shape index (κ1) is 27.1. The van der Waals surface area contributed by atoms with Gasteiger partial charge in [-0.15, -0.1) is 6.92 Å². The summed E-state index contributed by atoms with van der Waals surface area (Å²) in [5.74, 6) is 0. The molecule has 0 amide bonds. The van der Waals surface area contributed by atoms with Crippen LogP contribution in [0, 0.1) is 11.5 Å². The number of rotatable bonds is 2. The Morgan fingerprint density at radius 3 is 1.44 bits per heavy atom. The van der Waals surface area contributed by atoms with E-state index >= 15 is 0 Å². The van der Waals surface area contributed by atoms with Gasteiger partial charge >= 0.3 is 21.7 Å². The van der Waals surface area contributed by atoms with Gasteiger partial charge in [-0.25, -0.2) is 5.57 Å². The van der Waals surface area contributed by atoms with Gasteiger partial charge in [0.25, 0.3) is 0 Å². The van der Waals surface area contributed by atoms with Gasteiger partial charge < -0.3 is 30.1 Å². The van der Waals surface area contributed by atoms with Crippen molar-refractivity contribution in [2.24, 2.45) is 5.41 Å². The fourth-order valence-electron chi connectivity index (χ4n) is 1.63. The van der Waals surface area contributed by atoms with Gasteiger partial charge in [0.1, 0.15) is 0 Å². The molecule has 0 bridgehead atoms. The van der Waals surface area contributed by atoms with Crippen molar-refractivity contribution in [3.63, 3.8) is 0 Å². The minimum Gasteiger partial charge on any atom is -1.00 e. The molecule has 0 aliphatic heterocycles. The molecule has 0 saturated heterocycles. The minimum absolute atomic E-state index is 0. The van der Waals surface area contributed by atoms with Crippen molar-refractivity contribution in [3.05, 3.63) is 28.1 Å². The van der Waals surface area contributed by atoms with Crippen LogP contribution in [0.4, 0.5) is 0 Å². The van der Waals surface area contributed by atoms with E-state index in [1.807, 2.05) is 13.8 Å². The summed E-state index contributed by atoms with van der Waals surface area (Å²) in [5.41, 5.74) is 4.39. The van der Waals surface area contributed by atoms with E-state index < -0.39 is 0 Å². The molecule has 0 unspecified atom stereocenters. The van der Waals surface area contributed by atoms with Crippen LogP contribution in [0.25, 0.3) is 5.32 Å². The first-order valence-corrected chi connectivity index (χ1v) is 5.80. The monoisotopic (exact) mass is 325 g/mol. The molecule has 4 heteroatoms. The van der Waals surface area contributed by atoms with Gasteiger partial charge in [0.2, 0.25) is 0 Å². The zero-order valence-corrected chi connectivity index (χ0v) is 15.7. The van der Waals surface area contributed by atoms with Crippen LogP contribution in [0.5, 0.6) is 0 Å². The van der Waals surface area contributed by atoms with Crippen molar-refractivity contribution in [3.8, 4) is 0 Å². The molecule has 0 spiro atoms. The second-order valence-corrected chi connectivity index (χ2v) is 4.48. The van der Waals surface area contributed by atoms with E-state index in [1.165, 1.54) is 16.7 Å². The molecular weight excluding hydrogens is 301 g/mol. The molecule has 0 atom stereocenters. The molecule has 0 heterocycles. The van der Waals surface area contributed by atoms with Crippen LogP contribution in [0.3, 0.4) is 0 Å². The van der Waals surface area contributed by atoms with Crippen molar-refractivity contribution < 1.29 is 46.5 Å². The maximum absolute atomic E-state index is 3.97. The molecule has 1 nitrogen and oxygen atoms in total. The van der Waals surface area contributed by atoms with Crippen molar-refractivity contribution in [1.29, 1.82) is 0 Å². The Kier molecular flexibility index (Phi) is 19.2. The Hall–Kier alpha value is 0.734. The average Bonchev–Trinajstić information content (AvgIpc) is 2.32. The molecule has 0 fully saturated rings. The van der Waals surface area contributed by atoms with Crippen LogP contribution < -0.4 is 24.8 Å². The number of hydrogen-bond acceptors (Lipinski definition) is 0. The SMILES string of the molecule is CC1=[C-]C(C)(C)C(C)=C1C.CC[N-]CC.[Cl-].[Cl-].[Ti+4]. The zero-order chi connectivity index (χ0) is 12.1. The maximum atomic E-state index is 3.97. The number of halogens is 2. The second-order valence-electron chi connectivity index (χ2n) is 4.48. The molecule has 0 aromatic rings. The van der Waals surface area contributed by atoms with Gasteiger partial charge in [-0.3, -0.25) is 6.08 Å². The largest absolute Gasteiger partial charge is 4.00 e. The van der Waals surface area contributed by atoms with Gasteiger partial charge in [-0.1, -0.05) is 47.0 Å². The number of allylic oxidation sites excluding steroid dienone is 4. The molecule has 104 valence electrons. The smallest absolute Gasteiger partial charge is 1.00 e. The van der Waals surface area contributed by atoms with Crippen LogP contribution in [0.15, 0.2) is 16.7 Å². The first-order valence-electron chi connectivity index (χ1n) is 5.80. The summed E-state index contributed by atoms with van der Waals surface area (Å²) in [6, 6.07) is 0. The molecule has 0 radical (unpaired) electrons. The van der Waals surface area contributed by atoms with Gasteiger partial charge in [0.15, 0.2) is 0 Å². The Morgan fingerprint density at radius 2 is 1.39 bits per heavy atom. The standard InChI is InChI=1S/C10H15.C4H10N.2ClH.Ti/c1-7-6-10(4,5)9(3)8(7)2;1-3-5-4-2;;;/h1-5H3;3-4H2,1-2H3;2*1H;/q2*-1;;;+4/p-2. The molecule has 18 heavy (non-hydrogen) atoms. The molecule has 1 rings (SSSR count). The van der Waals surface area contributed by atoms with E-state index in [0.717, 1.165) is 13.1 Å². The minimum atomic E-state index is 0. The van der Waals surface area contributed by atoms with Crippen molar-refractivity contribution in [1.82, 2.24) is 0 Å². The van der Waals surface area contributed by atoms with Crippen LogP contribution in [0.2, 0.25) is 0 Å². The third-order valence-electron chi connectivity index (χ3n) is 3.01. The second kappa shape index (κ2) is 12.8. The zero-order valence-electron chi connectivity index (χ0n) is 12.6. The number of nitrogens with zero attached hydrogens (tertiary/aromatic N) is 1. The van der Waals surface area contributed by atoms with Crippen LogP contribution in [0.1, 0.15) is 48.5 Å². The molecule has 1 aliphatic carbocycles. The normalized spacial score (nSPS) is 15.4. The third kappa shape index (κ3) is 8.77. The van der Waals surface area contributed by atoms with Crippen molar-refractivity contribution in [2.45, 2.75) is 48.5 Å². The summed E-state index contributed by atoms with van der Waals surface area (Å²) < 4.78 is 0. The maximum Gasteiger partial charge on any atom is 4.00 e. The van der Waals surface area contributed by atoms with E-state index in [0.29, 0.717) is 0 Å². The van der Waals surface area contributed by atoms with Crippen molar-refractivity contribution >= 4 is 0 Å². The molecular formula is C14H25Cl2NTi. The van der Waals surface area contributed by atoms with Gasteiger partial charge in [-0.2, -0.15) is 24.2 Å². The average molecular weight is 326 g/mol. The molecule has 0 aromatic carbocycles.